The second-order valence-electron chi connectivity index (χ2n) is 3.42. The molecule has 1 amide bonds. The topological polar surface area (TPSA) is 98.7 Å². The van der Waals surface area contributed by atoms with Gasteiger partial charge in [-0.1, -0.05) is 0 Å². The van der Waals surface area contributed by atoms with Gasteiger partial charge < -0.3 is 20.8 Å². The van der Waals surface area contributed by atoms with E-state index in [1.165, 1.54) is 6.92 Å². The van der Waals surface area contributed by atoms with Gasteiger partial charge in [0.25, 0.3) is 0 Å². The zero-order valence-electron chi connectivity index (χ0n) is 7.86. The van der Waals surface area contributed by atoms with Gasteiger partial charge in [-0.3, -0.25) is 9.59 Å². The average Bonchev–Trinajstić information content (AvgIpc) is 2.51. The van der Waals surface area contributed by atoms with Crippen LogP contribution in [0.25, 0.3) is 0 Å². The van der Waals surface area contributed by atoms with Crippen LogP contribution in [0.3, 0.4) is 0 Å². The quantitative estimate of drug-likeness (QED) is 0.437. The summed E-state index contributed by atoms with van der Waals surface area (Å²) in [6.45, 7) is 1.77. The van der Waals surface area contributed by atoms with Crippen molar-refractivity contribution in [3.8, 4) is 0 Å². The molecule has 0 spiro atoms. The highest BCUT2D eigenvalue weighted by molar-refractivity contribution is 5.86. The predicted octanol–water partition coefficient (Wildman–Crippen LogP) is -1.70. The third-order valence-electron chi connectivity index (χ3n) is 2.15. The minimum Gasteiger partial charge on any atom is -0.480 e. The summed E-state index contributed by atoms with van der Waals surface area (Å²) in [6, 6.07) is -1.38. The first kappa shape index (κ1) is 10.9. The molecule has 14 heavy (non-hydrogen) atoms. The molecule has 0 aromatic heterocycles. The molecule has 0 aromatic carbocycles. The van der Waals surface area contributed by atoms with Gasteiger partial charge in [-0.25, -0.2) is 0 Å². The highest BCUT2D eigenvalue weighted by Crippen LogP contribution is 2.06. The second kappa shape index (κ2) is 4.39. The van der Waals surface area contributed by atoms with Crippen LogP contribution in [0.5, 0.6) is 0 Å². The Morgan fingerprint density at radius 2 is 2.21 bits per heavy atom. The number of amides is 1. The summed E-state index contributed by atoms with van der Waals surface area (Å²) in [5, 5.41) is 22.8. The molecule has 6 heteroatoms. The molecular formula is C8H14N2O4. The summed E-state index contributed by atoms with van der Waals surface area (Å²) in [5.41, 5.74) is 0. The Morgan fingerprint density at radius 3 is 2.64 bits per heavy atom. The molecule has 4 N–H and O–H groups in total. The van der Waals surface area contributed by atoms with Gasteiger partial charge in [-0.2, -0.15) is 0 Å². The van der Waals surface area contributed by atoms with Crippen molar-refractivity contribution < 1.29 is 19.8 Å². The molecule has 1 aliphatic rings. The van der Waals surface area contributed by atoms with Crippen molar-refractivity contribution in [1.82, 2.24) is 10.6 Å². The molecule has 1 fully saturated rings. The van der Waals surface area contributed by atoms with E-state index in [1.54, 1.807) is 0 Å². The first-order chi connectivity index (χ1) is 6.50. The normalized spacial score (nSPS) is 28.4. The standard InChI is InChI=1S/C8H14N2O4/c1-4(8(13)14)10-7(12)6-2-5(11)3-9-6/h4-6,9,11H,2-3H2,1H3,(H,10,12)(H,13,14)/t4-,5?,6?/m0/s1. The van der Waals surface area contributed by atoms with E-state index in [-0.39, 0.29) is 5.91 Å². The molecule has 1 heterocycles. The number of rotatable bonds is 3. The Hall–Kier alpha value is -1.14. The van der Waals surface area contributed by atoms with Crippen molar-refractivity contribution in [1.29, 1.82) is 0 Å². The molecule has 1 saturated heterocycles. The molecule has 0 aromatic rings. The molecule has 80 valence electrons. The Bertz CT molecular complexity index is 243. The number of carboxylic acid groups (broad SMARTS) is 1. The van der Waals surface area contributed by atoms with Gasteiger partial charge in [-0.15, -0.1) is 0 Å². The molecule has 1 rings (SSSR count). The van der Waals surface area contributed by atoms with Gasteiger partial charge in [0.2, 0.25) is 5.91 Å². The molecule has 1 aliphatic heterocycles. The van der Waals surface area contributed by atoms with E-state index in [2.05, 4.69) is 10.6 Å². The van der Waals surface area contributed by atoms with Crippen LogP contribution in [-0.4, -0.2) is 46.8 Å². The smallest absolute Gasteiger partial charge is 0.325 e. The zero-order chi connectivity index (χ0) is 10.7. The molecule has 0 radical (unpaired) electrons. The van der Waals surface area contributed by atoms with Crippen molar-refractivity contribution in [3.63, 3.8) is 0 Å². The fraction of sp³-hybridized carbons (Fsp3) is 0.750. The van der Waals surface area contributed by atoms with Crippen molar-refractivity contribution >= 4 is 11.9 Å². The monoisotopic (exact) mass is 202 g/mol. The Labute approximate surface area is 81.3 Å². The SMILES string of the molecule is C[C@H](NC(=O)C1CC(O)CN1)C(=O)O. The maximum absolute atomic E-state index is 11.4. The van der Waals surface area contributed by atoms with E-state index in [0.717, 1.165) is 0 Å². The predicted molar refractivity (Wildman–Crippen MR) is 47.7 cm³/mol. The second-order valence-corrected chi connectivity index (χ2v) is 3.42. The minimum atomic E-state index is -1.07. The summed E-state index contributed by atoms with van der Waals surface area (Å²) >= 11 is 0. The number of hydrogen-bond acceptors (Lipinski definition) is 4. The number of aliphatic hydroxyl groups excluding tert-OH is 1. The average molecular weight is 202 g/mol. The first-order valence-corrected chi connectivity index (χ1v) is 4.45. The van der Waals surface area contributed by atoms with E-state index in [4.69, 9.17) is 10.2 Å². The summed E-state index contributed by atoms with van der Waals surface area (Å²) < 4.78 is 0. The van der Waals surface area contributed by atoms with Crippen LogP contribution in [0.4, 0.5) is 0 Å². The molecule has 0 aliphatic carbocycles. The fourth-order valence-electron chi connectivity index (χ4n) is 1.29. The lowest BCUT2D eigenvalue weighted by Gasteiger charge is -2.13. The molecule has 0 bridgehead atoms. The van der Waals surface area contributed by atoms with E-state index < -0.39 is 24.2 Å². The minimum absolute atomic E-state index is 0.332. The Kier molecular flexibility index (Phi) is 3.43. The van der Waals surface area contributed by atoms with Gasteiger partial charge in [0.1, 0.15) is 6.04 Å². The van der Waals surface area contributed by atoms with Crippen LogP contribution in [-0.2, 0) is 9.59 Å². The highest BCUT2D eigenvalue weighted by atomic mass is 16.4. The van der Waals surface area contributed by atoms with Crippen LogP contribution in [0, 0.1) is 0 Å². The van der Waals surface area contributed by atoms with Crippen molar-refractivity contribution in [3.05, 3.63) is 0 Å². The molecule has 3 atom stereocenters. The zero-order valence-corrected chi connectivity index (χ0v) is 7.86. The fourth-order valence-corrected chi connectivity index (χ4v) is 1.29. The van der Waals surface area contributed by atoms with Crippen LogP contribution < -0.4 is 10.6 Å². The van der Waals surface area contributed by atoms with Gasteiger partial charge in [0.15, 0.2) is 0 Å². The summed E-state index contributed by atoms with van der Waals surface area (Å²) in [7, 11) is 0. The Morgan fingerprint density at radius 1 is 1.57 bits per heavy atom. The van der Waals surface area contributed by atoms with Gasteiger partial charge in [-0.05, 0) is 13.3 Å². The van der Waals surface area contributed by atoms with E-state index >= 15 is 0 Å². The van der Waals surface area contributed by atoms with Gasteiger partial charge in [0.05, 0.1) is 12.1 Å². The Balaban J connectivity index is 2.39. The molecule has 0 saturated carbocycles. The summed E-state index contributed by atoms with van der Waals surface area (Å²) in [4.78, 5) is 21.8. The summed E-state index contributed by atoms with van der Waals surface area (Å²) in [5.74, 6) is -1.45. The summed E-state index contributed by atoms with van der Waals surface area (Å²) in [6.07, 6.45) is -0.191. The van der Waals surface area contributed by atoms with E-state index in [1.807, 2.05) is 0 Å². The van der Waals surface area contributed by atoms with Crippen LogP contribution in [0.2, 0.25) is 0 Å². The maximum atomic E-state index is 11.4. The lowest BCUT2D eigenvalue weighted by Crippen LogP contribution is -2.46. The third kappa shape index (κ3) is 2.68. The number of aliphatic hydroxyl groups is 1. The number of carbonyl (C=O) groups is 2. The molecule has 6 nitrogen and oxygen atoms in total. The van der Waals surface area contributed by atoms with Crippen molar-refractivity contribution in [2.24, 2.45) is 0 Å². The van der Waals surface area contributed by atoms with Gasteiger partial charge >= 0.3 is 5.97 Å². The lowest BCUT2D eigenvalue weighted by atomic mass is 10.2. The highest BCUT2D eigenvalue weighted by Gasteiger charge is 2.29. The third-order valence-corrected chi connectivity index (χ3v) is 2.15. The molecular weight excluding hydrogens is 188 g/mol. The van der Waals surface area contributed by atoms with Crippen LogP contribution in [0.1, 0.15) is 13.3 Å². The number of carbonyl (C=O) groups excluding carboxylic acids is 1. The van der Waals surface area contributed by atoms with Crippen LogP contribution in [0.15, 0.2) is 0 Å². The lowest BCUT2D eigenvalue weighted by molar-refractivity contribution is -0.141. The number of nitrogens with one attached hydrogen (secondary N) is 2. The van der Waals surface area contributed by atoms with E-state index in [9.17, 15) is 9.59 Å². The van der Waals surface area contributed by atoms with Crippen molar-refractivity contribution in [2.75, 3.05) is 6.54 Å². The number of carboxylic acids is 1. The molecule has 2 unspecified atom stereocenters. The first-order valence-electron chi connectivity index (χ1n) is 4.45. The maximum Gasteiger partial charge on any atom is 0.325 e. The number of β-amino-alcohol motifs (C(OH)–C–C–N with tert-alkyl or cyclic N) is 1. The van der Waals surface area contributed by atoms with E-state index in [0.29, 0.717) is 13.0 Å². The largest absolute Gasteiger partial charge is 0.480 e. The van der Waals surface area contributed by atoms with Gasteiger partial charge in [0, 0.05) is 6.54 Å². The van der Waals surface area contributed by atoms with Crippen LogP contribution >= 0.6 is 0 Å². The number of hydrogen-bond donors (Lipinski definition) is 4. The van der Waals surface area contributed by atoms with Crippen molar-refractivity contribution in [2.45, 2.75) is 31.5 Å². The number of aliphatic carboxylic acids is 1.